The molecule has 0 N–H and O–H groups in total. The van der Waals surface area contributed by atoms with Crippen LogP contribution in [0, 0.1) is 11.7 Å². The average molecular weight is 404 g/mol. The third-order valence-corrected chi connectivity index (χ3v) is 5.70. The van der Waals surface area contributed by atoms with Gasteiger partial charge in [-0.25, -0.2) is 4.39 Å². The van der Waals surface area contributed by atoms with Crippen LogP contribution in [-0.2, 0) is 17.8 Å². The van der Waals surface area contributed by atoms with E-state index >= 15 is 0 Å². The number of pyridine rings is 1. The maximum atomic E-state index is 13.2. The third-order valence-electron chi connectivity index (χ3n) is 5.70. The first kappa shape index (κ1) is 20.2. The summed E-state index contributed by atoms with van der Waals surface area (Å²) in [6.45, 7) is 2.93. The number of rotatable bonds is 5. The Bertz CT molecular complexity index is 991. The summed E-state index contributed by atoms with van der Waals surface area (Å²) >= 11 is 0. The molecule has 0 spiro atoms. The monoisotopic (exact) mass is 403 g/mol. The topological polar surface area (TPSA) is 36.4 Å². The maximum absolute atomic E-state index is 13.2. The van der Waals surface area contributed by atoms with E-state index < -0.39 is 0 Å². The van der Waals surface area contributed by atoms with Gasteiger partial charge in [-0.05, 0) is 52.9 Å². The molecule has 0 aliphatic carbocycles. The molecule has 1 unspecified atom stereocenters. The van der Waals surface area contributed by atoms with Crippen molar-refractivity contribution in [2.75, 3.05) is 26.7 Å². The fourth-order valence-corrected chi connectivity index (χ4v) is 4.04. The molecule has 1 aromatic heterocycles. The molecule has 4 rings (SSSR count). The van der Waals surface area contributed by atoms with Crippen molar-refractivity contribution in [3.8, 4) is 11.1 Å². The Morgan fingerprint density at radius 2 is 1.73 bits per heavy atom. The van der Waals surface area contributed by atoms with E-state index in [0.717, 1.165) is 35.3 Å². The van der Waals surface area contributed by atoms with Crippen LogP contribution in [-0.4, -0.2) is 47.4 Å². The lowest BCUT2D eigenvalue weighted by Crippen LogP contribution is -2.34. The molecule has 2 heterocycles. The van der Waals surface area contributed by atoms with Crippen molar-refractivity contribution in [2.24, 2.45) is 5.92 Å². The molecule has 154 valence electrons. The number of carbonyl (C=O) groups is 1. The van der Waals surface area contributed by atoms with Crippen molar-refractivity contribution >= 4 is 5.91 Å². The van der Waals surface area contributed by atoms with Gasteiger partial charge in [-0.3, -0.25) is 14.7 Å². The van der Waals surface area contributed by atoms with Gasteiger partial charge < -0.3 is 4.90 Å². The summed E-state index contributed by atoms with van der Waals surface area (Å²) < 4.78 is 13.2. The van der Waals surface area contributed by atoms with Gasteiger partial charge in [-0.1, -0.05) is 36.4 Å². The normalized spacial score (nSPS) is 17.7. The average Bonchev–Trinajstić information content (AvgIpc) is 2.90. The number of benzene rings is 2. The fraction of sp³-hybridized carbons (Fsp3) is 0.280. The Labute approximate surface area is 177 Å². The lowest BCUT2D eigenvalue weighted by Gasteiger charge is -2.23. The van der Waals surface area contributed by atoms with E-state index in [2.05, 4.69) is 28.1 Å². The van der Waals surface area contributed by atoms with E-state index in [4.69, 9.17) is 0 Å². The van der Waals surface area contributed by atoms with Gasteiger partial charge in [0.25, 0.3) is 0 Å². The van der Waals surface area contributed by atoms with Crippen LogP contribution in [0.15, 0.2) is 73.1 Å². The summed E-state index contributed by atoms with van der Waals surface area (Å²) in [6, 6.07) is 19.0. The van der Waals surface area contributed by atoms with E-state index in [1.165, 1.54) is 12.1 Å². The number of nitrogens with zero attached hydrogens (tertiary/aromatic N) is 3. The fourth-order valence-electron chi connectivity index (χ4n) is 4.04. The van der Waals surface area contributed by atoms with Crippen LogP contribution in [0.2, 0.25) is 0 Å². The molecule has 0 radical (unpaired) electrons. The Balaban J connectivity index is 1.51. The molecule has 1 aliphatic rings. The number of hydrogen-bond acceptors (Lipinski definition) is 3. The minimum atomic E-state index is -0.225. The third kappa shape index (κ3) is 4.92. The SMILES string of the molecule is CN1CCN(Cc2ccc(F)cc2)CC(Cc2cccc(-c3ccncc3)c2)C1=O. The first-order chi connectivity index (χ1) is 14.6. The molecule has 5 heteroatoms. The molecule has 0 bridgehead atoms. The Morgan fingerprint density at radius 1 is 0.967 bits per heavy atom. The molecule has 1 fully saturated rings. The lowest BCUT2D eigenvalue weighted by molar-refractivity contribution is -0.133. The summed E-state index contributed by atoms with van der Waals surface area (Å²) in [5.74, 6) is -0.145. The molecule has 0 saturated carbocycles. The Kier molecular flexibility index (Phi) is 6.19. The molecule has 30 heavy (non-hydrogen) atoms. The van der Waals surface area contributed by atoms with E-state index in [1.54, 1.807) is 12.4 Å². The number of halogens is 1. The number of likely N-dealkylation sites (N-methyl/N-ethyl adjacent to an activating group) is 1. The van der Waals surface area contributed by atoms with Gasteiger partial charge >= 0.3 is 0 Å². The van der Waals surface area contributed by atoms with E-state index in [9.17, 15) is 9.18 Å². The summed E-state index contributed by atoms with van der Waals surface area (Å²) in [5.41, 5.74) is 4.47. The van der Waals surface area contributed by atoms with Gasteiger partial charge in [0.15, 0.2) is 0 Å². The van der Waals surface area contributed by atoms with Crippen molar-refractivity contribution in [3.05, 3.63) is 90.0 Å². The summed E-state index contributed by atoms with van der Waals surface area (Å²) in [4.78, 5) is 21.2. The van der Waals surface area contributed by atoms with E-state index in [-0.39, 0.29) is 17.6 Å². The Hall–Kier alpha value is -3.05. The van der Waals surface area contributed by atoms with Gasteiger partial charge in [0.05, 0.1) is 5.92 Å². The van der Waals surface area contributed by atoms with Crippen molar-refractivity contribution < 1.29 is 9.18 Å². The molecule has 1 atom stereocenters. The van der Waals surface area contributed by atoms with E-state index in [0.29, 0.717) is 19.5 Å². The van der Waals surface area contributed by atoms with Crippen LogP contribution in [0.4, 0.5) is 4.39 Å². The summed E-state index contributed by atoms with van der Waals surface area (Å²) in [5, 5.41) is 0. The van der Waals surface area contributed by atoms with Crippen LogP contribution >= 0.6 is 0 Å². The van der Waals surface area contributed by atoms with Crippen molar-refractivity contribution in [1.82, 2.24) is 14.8 Å². The molecule has 1 amide bonds. The zero-order valence-corrected chi connectivity index (χ0v) is 17.2. The second-order valence-electron chi connectivity index (χ2n) is 7.96. The van der Waals surface area contributed by atoms with Crippen LogP contribution < -0.4 is 0 Å². The van der Waals surface area contributed by atoms with Crippen LogP contribution in [0.25, 0.3) is 11.1 Å². The van der Waals surface area contributed by atoms with Gasteiger partial charge in [0.1, 0.15) is 5.82 Å². The molecule has 2 aromatic carbocycles. The quantitative estimate of drug-likeness (QED) is 0.646. The van der Waals surface area contributed by atoms with Crippen molar-refractivity contribution in [2.45, 2.75) is 13.0 Å². The Morgan fingerprint density at radius 3 is 2.50 bits per heavy atom. The van der Waals surface area contributed by atoms with Gasteiger partial charge in [-0.2, -0.15) is 0 Å². The van der Waals surface area contributed by atoms with Crippen LogP contribution in [0.1, 0.15) is 11.1 Å². The second-order valence-corrected chi connectivity index (χ2v) is 7.96. The predicted molar refractivity (Wildman–Crippen MR) is 116 cm³/mol. The van der Waals surface area contributed by atoms with Gasteiger partial charge in [0.2, 0.25) is 5.91 Å². The molecule has 4 nitrogen and oxygen atoms in total. The second kappa shape index (κ2) is 9.18. The highest BCUT2D eigenvalue weighted by atomic mass is 19.1. The van der Waals surface area contributed by atoms with Crippen LogP contribution in [0.3, 0.4) is 0 Å². The highest BCUT2D eigenvalue weighted by molar-refractivity contribution is 5.79. The molecular formula is C25H26FN3O. The number of carbonyl (C=O) groups excluding carboxylic acids is 1. The zero-order chi connectivity index (χ0) is 20.9. The first-order valence-electron chi connectivity index (χ1n) is 10.3. The predicted octanol–water partition coefficient (Wildman–Crippen LogP) is 4.02. The van der Waals surface area contributed by atoms with Crippen molar-refractivity contribution in [1.29, 1.82) is 0 Å². The number of amides is 1. The van der Waals surface area contributed by atoms with Gasteiger partial charge in [-0.15, -0.1) is 0 Å². The largest absolute Gasteiger partial charge is 0.344 e. The summed E-state index contributed by atoms with van der Waals surface area (Å²) in [7, 11) is 1.88. The molecule has 3 aromatic rings. The number of aromatic nitrogens is 1. The molecule has 1 saturated heterocycles. The molecule has 1 aliphatic heterocycles. The minimum absolute atomic E-state index is 0.106. The van der Waals surface area contributed by atoms with Crippen molar-refractivity contribution in [3.63, 3.8) is 0 Å². The highest BCUT2D eigenvalue weighted by Crippen LogP contribution is 2.23. The number of hydrogen-bond donors (Lipinski definition) is 0. The maximum Gasteiger partial charge on any atom is 0.227 e. The minimum Gasteiger partial charge on any atom is -0.344 e. The zero-order valence-electron chi connectivity index (χ0n) is 17.2. The van der Waals surface area contributed by atoms with E-state index in [1.807, 2.05) is 42.3 Å². The smallest absolute Gasteiger partial charge is 0.227 e. The van der Waals surface area contributed by atoms with Crippen LogP contribution in [0.5, 0.6) is 0 Å². The van der Waals surface area contributed by atoms with Gasteiger partial charge in [0, 0.05) is 45.6 Å². The summed E-state index contributed by atoms with van der Waals surface area (Å²) in [6.07, 6.45) is 4.28. The molecular weight excluding hydrogens is 377 g/mol. The lowest BCUT2D eigenvalue weighted by atomic mass is 9.95. The standard InChI is InChI=1S/C25H26FN3O/c1-28-13-14-29(17-19-5-7-24(26)8-6-19)18-23(25(28)30)16-20-3-2-4-22(15-20)21-9-11-27-12-10-21/h2-12,15,23H,13-14,16-18H2,1H3. The first-order valence-corrected chi connectivity index (χ1v) is 10.3. The highest BCUT2D eigenvalue weighted by Gasteiger charge is 2.28.